The molecule has 0 radical (unpaired) electrons. The minimum absolute atomic E-state index is 0.154. The summed E-state index contributed by atoms with van der Waals surface area (Å²) >= 11 is 0. The second-order valence-corrected chi connectivity index (χ2v) is 2.35. The van der Waals surface area contributed by atoms with E-state index in [1.807, 2.05) is 0 Å². The normalized spacial score (nSPS) is 10.2. The number of carbonyl (C=O) groups is 1. The topological polar surface area (TPSA) is 76.7 Å². The number of rotatable bonds is 1. The maximum Gasteiger partial charge on any atom is 0.374 e. The SMILES string of the molecule is O=C(OO)c1cnn2ccnc2c1. The summed E-state index contributed by atoms with van der Waals surface area (Å²) in [6.07, 6.45) is 4.48. The van der Waals surface area contributed by atoms with E-state index in [9.17, 15) is 4.79 Å². The van der Waals surface area contributed by atoms with Crippen LogP contribution in [0, 0.1) is 0 Å². The van der Waals surface area contributed by atoms with E-state index in [2.05, 4.69) is 15.0 Å². The molecule has 0 bridgehead atoms. The largest absolute Gasteiger partial charge is 0.374 e. The van der Waals surface area contributed by atoms with E-state index in [0.717, 1.165) is 0 Å². The van der Waals surface area contributed by atoms with E-state index in [1.54, 1.807) is 12.4 Å². The average Bonchev–Trinajstić information content (AvgIpc) is 2.63. The Labute approximate surface area is 72.3 Å². The summed E-state index contributed by atoms with van der Waals surface area (Å²) in [6.45, 7) is 0. The number of aromatic nitrogens is 3. The third-order valence-electron chi connectivity index (χ3n) is 1.57. The number of hydrogen-bond acceptors (Lipinski definition) is 5. The highest BCUT2D eigenvalue weighted by Gasteiger charge is 2.08. The second-order valence-electron chi connectivity index (χ2n) is 2.35. The van der Waals surface area contributed by atoms with E-state index < -0.39 is 5.97 Å². The van der Waals surface area contributed by atoms with Gasteiger partial charge in [0, 0.05) is 12.4 Å². The fourth-order valence-electron chi connectivity index (χ4n) is 0.975. The van der Waals surface area contributed by atoms with Gasteiger partial charge in [-0.15, -0.1) is 0 Å². The van der Waals surface area contributed by atoms with Crippen LogP contribution in [0.4, 0.5) is 0 Å². The van der Waals surface area contributed by atoms with Crippen LogP contribution < -0.4 is 0 Å². The molecule has 2 heterocycles. The lowest BCUT2D eigenvalue weighted by Gasteiger charge is -1.96. The quantitative estimate of drug-likeness (QED) is 0.505. The smallest absolute Gasteiger partial charge is 0.295 e. The fraction of sp³-hybridized carbons (Fsp3) is 0. The van der Waals surface area contributed by atoms with Gasteiger partial charge in [0.25, 0.3) is 0 Å². The molecule has 0 aromatic carbocycles. The van der Waals surface area contributed by atoms with Gasteiger partial charge >= 0.3 is 5.97 Å². The number of nitrogens with zero attached hydrogens (tertiary/aromatic N) is 3. The van der Waals surface area contributed by atoms with E-state index in [-0.39, 0.29) is 5.56 Å². The number of fused-ring (bicyclic) bond motifs is 1. The monoisotopic (exact) mass is 179 g/mol. The molecule has 13 heavy (non-hydrogen) atoms. The van der Waals surface area contributed by atoms with E-state index >= 15 is 0 Å². The fourth-order valence-corrected chi connectivity index (χ4v) is 0.975. The summed E-state index contributed by atoms with van der Waals surface area (Å²) in [4.78, 5) is 18.3. The van der Waals surface area contributed by atoms with Crippen LogP contribution in [-0.4, -0.2) is 25.8 Å². The molecular weight excluding hydrogens is 174 g/mol. The zero-order valence-electron chi connectivity index (χ0n) is 6.41. The van der Waals surface area contributed by atoms with Gasteiger partial charge in [-0.05, 0) is 6.07 Å². The molecule has 0 aliphatic heterocycles. The lowest BCUT2D eigenvalue weighted by Crippen LogP contribution is -2.03. The van der Waals surface area contributed by atoms with Gasteiger partial charge in [-0.3, -0.25) is 4.89 Å². The summed E-state index contributed by atoms with van der Waals surface area (Å²) in [5.41, 5.74) is 0.670. The Balaban J connectivity index is 2.54. The molecule has 0 fully saturated rings. The Morgan fingerprint density at radius 2 is 2.46 bits per heavy atom. The van der Waals surface area contributed by atoms with Gasteiger partial charge in [0.2, 0.25) is 0 Å². The van der Waals surface area contributed by atoms with Crippen molar-refractivity contribution in [1.29, 1.82) is 0 Å². The predicted octanol–water partition coefficient (Wildman–Crippen LogP) is 0.359. The molecular formula is C7H5N3O3. The van der Waals surface area contributed by atoms with Crippen LogP contribution >= 0.6 is 0 Å². The van der Waals surface area contributed by atoms with Crippen molar-refractivity contribution in [3.8, 4) is 0 Å². The molecule has 2 aromatic heterocycles. The van der Waals surface area contributed by atoms with Crippen LogP contribution in [0.5, 0.6) is 0 Å². The molecule has 6 nitrogen and oxygen atoms in total. The average molecular weight is 179 g/mol. The van der Waals surface area contributed by atoms with E-state index in [4.69, 9.17) is 5.26 Å². The Kier molecular flexibility index (Phi) is 1.67. The highest BCUT2D eigenvalue weighted by molar-refractivity contribution is 5.89. The molecule has 0 saturated heterocycles. The molecule has 6 heteroatoms. The third-order valence-corrected chi connectivity index (χ3v) is 1.57. The predicted molar refractivity (Wildman–Crippen MR) is 41.0 cm³/mol. The first-order valence-electron chi connectivity index (χ1n) is 3.46. The molecule has 2 aromatic rings. The summed E-state index contributed by atoms with van der Waals surface area (Å²) in [5.74, 6) is -0.849. The van der Waals surface area contributed by atoms with Crippen molar-refractivity contribution in [2.24, 2.45) is 0 Å². The molecule has 0 amide bonds. The lowest BCUT2D eigenvalue weighted by molar-refractivity contribution is -0.182. The molecule has 1 N–H and O–H groups in total. The van der Waals surface area contributed by atoms with Crippen molar-refractivity contribution in [3.05, 3.63) is 30.2 Å². The van der Waals surface area contributed by atoms with Crippen molar-refractivity contribution in [2.45, 2.75) is 0 Å². The zero-order chi connectivity index (χ0) is 9.26. The Bertz CT molecular complexity index is 451. The minimum Gasteiger partial charge on any atom is -0.295 e. The van der Waals surface area contributed by atoms with E-state index in [0.29, 0.717) is 5.65 Å². The molecule has 0 spiro atoms. The van der Waals surface area contributed by atoms with Crippen molar-refractivity contribution in [2.75, 3.05) is 0 Å². The number of carbonyl (C=O) groups excluding carboxylic acids is 1. The highest BCUT2D eigenvalue weighted by Crippen LogP contribution is 2.03. The molecule has 0 unspecified atom stereocenters. The third kappa shape index (κ3) is 1.23. The van der Waals surface area contributed by atoms with Gasteiger partial charge in [0.15, 0.2) is 5.65 Å². The zero-order valence-corrected chi connectivity index (χ0v) is 6.41. The molecule has 66 valence electrons. The molecule has 0 aliphatic rings. The van der Waals surface area contributed by atoms with Crippen LogP contribution in [0.25, 0.3) is 5.65 Å². The lowest BCUT2D eigenvalue weighted by atomic mass is 10.3. The van der Waals surface area contributed by atoms with Crippen LogP contribution in [0.3, 0.4) is 0 Å². The van der Waals surface area contributed by atoms with Gasteiger partial charge in [-0.25, -0.2) is 14.3 Å². The Hall–Kier alpha value is -1.95. The first-order valence-corrected chi connectivity index (χ1v) is 3.46. The van der Waals surface area contributed by atoms with Crippen LogP contribution in [0.15, 0.2) is 24.7 Å². The highest BCUT2D eigenvalue weighted by atomic mass is 17.1. The summed E-state index contributed by atoms with van der Waals surface area (Å²) < 4.78 is 1.49. The van der Waals surface area contributed by atoms with Gasteiger partial charge in [-0.1, -0.05) is 0 Å². The van der Waals surface area contributed by atoms with Crippen molar-refractivity contribution >= 4 is 11.6 Å². The molecule has 0 atom stereocenters. The first-order chi connectivity index (χ1) is 6.31. The van der Waals surface area contributed by atoms with Crippen LogP contribution in [0.1, 0.15) is 10.4 Å². The molecule has 0 saturated carbocycles. The van der Waals surface area contributed by atoms with Gasteiger partial charge < -0.3 is 0 Å². The maximum atomic E-state index is 10.8. The van der Waals surface area contributed by atoms with Crippen molar-refractivity contribution < 1.29 is 14.9 Å². The van der Waals surface area contributed by atoms with Crippen LogP contribution in [0.2, 0.25) is 0 Å². The molecule has 2 rings (SSSR count). The van der Waals surface area contributed by atoms with E-state index in [1.165, 1.54) is 16.8 Å². The van der Waals surface area contributed by atoms with Gasteiger partial charge in [-0.2, -0.15) is 10.4 Å². The number of hydrogen-bond donors (Lipinski definition) is 1. The summed E-state index contributed by atoms with van der Waals surface area (Å²) in [7, 11) is 0. The summed E-state index contributed by atoms with van der Waals surface area (Å²) in [6, 6.07) is 1.46. The standard InChI is InChI=1S/C7H5N3O3/c11-7(13-12)5-3-6-8-1-2-10(6)9-4-5/h1-4,12H. The van der Waals surface area contributed by atoms with Crippen molar-refractivity contribution in [3.63, 3.8) is 0 Å². The minimum atomic E-state index is -0.849. The van der Waals surface area contributed by atoms with Gasteiger partial charge in [0.05, 0.1) is 11.8 Å². The number of imidazole rings is 1. The Morgan fingerprint density at radius 3 is 3.23 bits per heavy atom. The molecule has 0 aliphatic carbocycles. The summed E-state index contributed by atoms with van der Waals surface area (Å²) in [5, 5.41) is 12.0. The van der Waals surface area contributed by atoms with Gasteiger partial charge in [0.1, 0.15) is 0 Å². The second kappa shape index (κ2) is 2.83. The maximum absolute atomic E-state index is 10.8. The van der Waals surface area contributed by atoms with Crippen LogP contribution in [-0.2, 0) is 4.89 Å². The first kappa shape index (κ1) is 7.69. The Morgan fingerprint density at radius 1 is 1.62 bits per heavy atom. The van der Waals surface area contributed by atoms with Crippen molar-refractivity contribution in [1.82, 2.24) is 14.6 Å².